The fraction of sp³-hybridized carbons (Fsp3) is 0.286. The lowest BCUT2D eigenvalue weighted by Crippen LogP contribution is -2.40. The highest BCUT2D eigenvalue weighted by molar-refractivity contribution is 6.31. The number of rotatable bonds is 6. The number of nitrogens with one attached hydrogen (secondary N) is 1. The number of aromatic nitrogens is 1. The summed E-state index contributed by atoms with van der Waals surface area (Å²) in [5.74, 6) is 0.440. The number of aliphatic hydroxyl groups excluding tert-OH is 4. The molecule has 0 unspecified atom stereocenters. The van der Waals surface area contributed by atoms with E-state index in [1.54, 1.807) is 24.3 Å². The highest BCUT2D eigenvalue weighted by Crippen LogP contribution is 2.19. The first kappa shape index (κ1) is 16.6. The van der Waals surface area contributed by atoms with Crippen LogP contribution >= 0.6 is 11.6 Å². The van der Waals surface area contributed by atoms with E-state index in [9.17, 15) is 15.3 Å². The number of fused-ring (bicyclic) bond motifs is 1. The molecular weight excluding hydrogens is 310 g/mol. The van der Waals surface area contributed by atoms with Crippen molar-refractivity contribution in [2.24, 2.45) is 5.10 Å². The highest BCUT2D eigenvalue weighted by Gasteiger charge is 2.22. The van der Waals surface area contributed by atoms with Gasteiger partial charge in [-0.05, 0) is 30.3 Å². The van der Waals surface area contributed by atoms with Crippen LogP contribution in [-0.2, 0) is 0 Å². The minimum Gasteiger partial charge on any atom is -0.394 e. The average Bonchev–Trinajstić information content (AvgIpc) is 2.53. The van der Waals surface area contributed by atoms with Gasteiger partial charge in [-0.25, -0.2) is 4.98 Å². The zero-order chi connectivity index (χ0) is 16.1. The maximum atomic E-state index is 9.55. The molecule has 0 aliphatic carbocycles. The van der Waals surface area contributed by atoms with Crippen LogP contribution in [0.15, 0.2) is 35.4 Å². The van der Waals surface area contributed by atoms with Gasteiger partial charge in [0.05, 0.1) is 18.3 Å². The van der Waals surface area contributed by atoms with Gasteiger partial charge in [-0.1, -0.05) is 11.6 Å². The predicted molar refractivity (Wildman–Crippen MR) is 84.0 cm³/mol. The fourth-order valence-electron chi connectivity index (χ4n) is 1.76. The van der Waals surface area contributed by atoms with Crippen molar-refractivity contribution >= 4 is 34.5 Å². The van der Waals surface area contributed by atoms with Crippen LogP contribution in [0.2, 0.25) is 5.02 Å². The molecule has 3 atom stereocenters. The van der Waals surface area contributed by atoms with E-state index in [4.69, 9.17) is 16.7 Å². The maximum absolute atomic E-state index is 9.55. The largest absolute Gasteiger partial charge is 0.394 e. The van der Waals surface area contributed by atoms with Crippen molar-refractivity contribution in [2.45, 2.75) is 18.3 Å². The molecule has 0 spiro atoms. The van der Waals surface area contributed by atoms with Crippen LogP contribution in [-0.4, -0.2) is 56.5 Å². The Bertz CT molecular complexity index is 668. The number of hydrazone groups is 1. The summed E-state index contributed by atoms with van der Waals surface area (Å²) in [5.41, 5.74) is 3.33. The van der Waals surface area contributed by atoms with Crippen LogP contribution < -0.4 is 5.43 Å². The van der Waals surface area contributed by atoms with Gasteiger partial charge in [0.15, 0.2) is 0 Å². The third kappa shape index (κ3) is 4.12. The van der Waals surface area contributed by atoms with Crippen molar-refractivity contribution in [3.63, 3.8) is 0 Å². The van der Waals surface area contributed by atoms with Gasteiger partial charge in [0, 0.05) is 10.4 Å². The van der Waals surface area contributed by atoms with Gasteiger partial charge in [0.1, 0.15) is 24.1 Å². The van der Waals surface area contributed by atoms with Crippen molar-refractivity contribution in [3.05, 3.63) is 35.4 Å². The molecule has 7 nitrogen and oxygen atoms in total. The predicted octanol–water partition coefficient (Wildman–Crippen LogP) is 0.361. The molecule has 0 fully saturated rings. The molecule has 0 bridgehead atoms. The van der Waals surface area contributed by atoms with Crippen LogP contribution in [0.5, 0.6) is 0 Å². The second kappa shape index (κ2) is 7.48. The van der Waals surface area contributed by atoms with Crippen LogP contribution in [0.3, 0.4) is 0 Å². The number of aliphatic hydroxyl groups is 4. The second-order valence-corrected chi connectivity index (χ2v) is 5.09. The lowest BCUT2D eigenvalue weighted by Gasteiger charge is -2.17. The van der Waals surface area contributed by atoms with Crippen LogP contribution in [0.4, 0.5) is 5.82 Å². The normalized spacial score (nSPS) is 15.9. The van der Waals surface area contributed by atoms with E-state index in [1.807, 2.05) is 6.07 Å². The van der Waals surface area contributed by atoms with E-state index < -0.39 is 24.9 Å². The molecule has 118 valence electrons. The number of hydrogen-bond donors (Lipinski definition) is 5. The Kier molecular flexibility index (Phi) is 5.64. The van der Waals surface area contributed by atoms with E-state index in [-0.39, 0.29) is 0 Å². The number of hydrogen-bond acceptors (Lipinski definition) is 7. The molecule has 8 heteroatoms. The smallest absolute Gasteiger partial charge is 0.146 e. The number of anilines is 1. The average molecular weight is 326 g/mol. The molecule has 0 aliphatic heterocycles. The highest BCUT2D eigenvalue weighted by atomic mass is 35.5. The zero-order valence-electron chi connectivity index (χ0n) is 11.5. The summed E-state index contributed by atoms with van der Waals surface area (Å²) in [6, 6.07) is 8.77. The van der Waals surface area contributed by atoms with E-state index >= 15 is 0 Å². The molecule has 2 aromatic rings. The third-order valence-electron chi connectivity index (χ3n) is 2.99. The molecule has 5 N–H and O–H groups in total. The molecule has 22 heavy (non-hydrogen) atoms. The Morgan fingerprint density at radius 1 is 1.23 bits per heavy atom. The molecule has 1 heterocycles. The van der Waals surface area contributed by atoms with Crippen LogP contribution in [0.25, 0.3) is 10.9 Å². The summed E-state index contributed by atoms with van der Waals surface area (Å²) >= 11 is 5.89. The third-order valence-corrected chi connectivity index (χ3v) is 3.22. The molecule has 0 saturated heterocycles. The molecule has 0 amide bonds. The van der Waals surface area contributed by atoms with Crippen molar-refractivity contribution in [2.75, 3.05) is 12.0 Å². The lowest BCUT2D eigenvalue weighted by molar-refractivity contribution is -0.0541. The first-order chi connectivity index (χ1) is 10.5. The Balaban J connectivity index is 2.02. The Labute approximate surface area is 131 Å². The summed E-state index contributed by atoms with van der Waals surface area (Å²) < 4.78 is 0. The van der Waals surface area contributed by atoms with E-state index in [0.717, 1.165) is 17.1 Å². The first-order valence-electron chi connectivity index (χ1n) is 6.52. The lowest BCUT2D eigenvalue weighted by atomic mass is 10.1. The molecule has 0 aliphatic rings. The summed E-state index contributed by atoms with van der Waals surface area (Å²) in [6.07, 6.45) is -3.38. The molecular formula is C14H16ClN3O4. The van der Waals surface area contributed by atoms with Crippen molar-refractivity contribution in [1.29, 1.82) is 0 Å². The SMILES string of the molecule is OC[C@@H](O)[C@H](O)[C@@H](O)/C=N/Nc1ccc2cc(Cl)ccc2n1. The minimum atomic E-state index is -1.53. The van der Waals surface area contributed by atoms with Gasteiger partial charge in [0.25, 0.3) is 0 Å². The van der Waals surface area contributed by atoms with Gasteiger partial charge in [-0.2, -0.15) is 5.10 Å². The van der Waals surface area contributed by atoms with Crippen molar-refractivity contribution in [3.8, 4) is 0 Å². The minimum absolute atomic E-state index is 0.440. The van der Waals surface area contributed by atoms with Gasteiger partial charge in [-0.3, -0.25) is 5.43 Å². The summed E-state index contributed by atoms with van der Waals surface area (Å²) in [7, 11) is 0. The van der Waals surface area contributed by atoms with Crippen LogP contribution in [0, 0.1) is 0 Å². The van der Waals surface area contributed by atoms with Crippen molar-refractivity contribution in [1.82, 2.24) is 4.98 Å². The summed E-state index contributed by atoms with van der Waals surface area (Å²) in [4.78, 5) is 4.29. The first-order valence-corrected chi connectivity index (χ1v) is 6.89. The zero-order valence-corrected chi connectivity index (χ0v) is 12.2. The topological polar surface area (TPSA) is 118 Å². The quantitative estimate of drug-likeness (QED) is 0.386. The van der Waals surface area contributed by atoms with Crippen molar-refractivity contribution < 1.29 is 20.4 Å². The van der Waals surface area contributed by atoms with Gasteiger partial charge in [-0.15, -0.1) is 0 Å². The number of halogens is 1. The Hall–Kier alpha value is -1.77. The van der Waals surface area contributed by atoms with Gasteiger partial charge < -0.3 is 20.4 Å². The standard InChI is InChI=1S/C14H16ClN3O4/c15-9-2-3-10-8(5-9)1-4-13(17-10)18-16-6-11(20)14(22)12(21)7-19/h1-6,11-12,14,19-22H,7H2,(H,17,18)/b16-6+/t11-,12+,14+/m0/s1. The van der Waals surface area contributed by atoms with Crippen LogP contribution in [0.1, 0.15) is 0 Å². The summed E-state index contributed by atoms with van der Waals surface area (Å²) in [5, 5.41) is 42.1. The van der Waals surface area contributed by atoms with E-state index in [2.05, 4.69) is 15.5 Å². The Morgan fingerprint density at radius 2 is 2.00 bits per heavy atom. The van der Waals surface area contributed by atoms with Gasteiger partial charge >= 0.3 is 0 Å². The molecule has 0 saturated carbocycles. The van der Waals surface area contributed by atoms with E-state index in [0.29, 0.717) is 10.8 Å². The number of benzene rings is 1. The van der Waals surface area contributed by atoms with E-state index in [1.165, 1.54) is 0 Å². The summed E-state index contributed by atoms with van der Waals surface area (Å²) in [6.45, 7) is -0.658. The number of pyridine rings is 1. The van der Waals surface area contributed by atoms with Gasteiger partial charge in [0.2, 0.25) is 0 Å². The fourth-order valence-corrected chi connectivity index (χ4v) is 1.94. The molecule has 0 radical (unpaired) electrons. The second-order valence-electron chi connectivity index (χ2n) is 4.65. The molecule has 2 rings (SSSR count). The maximum Gasteiger partial charge on any atom is 0.146 e. The monoisotopic (exact) mass is 325 g/mol. The Morgan fingerprint density at radius 3 is 2.73 bits per heavy atom. The molecule has 1 aromatic carbocycles. The molecule has 1 aromatic heterocycles. The number of nitrogens with zero attached hydrogens (tertiary/aromatic N) is 2.